The molecule has 0 spiro atoms. The standard InChI is InChI=1S/C18H21N5O2/c24-18-14-12-22(11-13-4-9-23(25)10-5-13)8-6-15(14)20-17(21-18)16-3-1-2-7-19-16/h4-5,9-10H,1-3,6-8,11-12H2,(H,20,21,24). The van der Waals surface area contributed by atoms with Gasteiger partial charge in [-0.05, 0) is 24.8 Å². The van der Waals surface area contributed by atoms with Gasteiger partial charge in [0.2, 0.25) is 0 Å². The molecule has 0 atom stereocenters. The average molecular weight is 339 g/mol. The third-order valence-corrected chi connectivity index (χ3v) is 4.82. The summed E-state index contributed by atoms with van der Waals surface area (Å²) in [5, 5.41) is 11.1. The largest absolute Gasteiger partial charge is 0.619 e. The van der Waals surface area contributed by atoms with Crippen molar-refractivity contribution >= 4 is 5.71 Å². The lowest BCUT2D eigenvalue weighted by Gasteiger charge is -2.27. The van der Waals surface area contributed by atoms with Crippen molar-refractivity contribution in [1.82, 2.24) is 14.9 Å². The Kier molecular flexibility index (Phi) is 4.31. The molecule has 2 aliphatic heterocycles. The van der Waals surface area contributed by atoms with Crippen LogP contribution in [-0.4, -0.2) is 33.7 Å². The second-order valence-corrected chi connectivity index (χ2v) is 6.65. The van der Waals surface area contributed by atoms with Crippen molar-refractivity contribution in [2.45, 2.75) is 38.8 Å². The van der Waals surface area contributed by atoms with Crippen molar-refractivity contribution < 1.29 is 4.73 Å². The summed E-state index contributed by atoms with van der Waals surface area (Å²) in [5.74, 6) is 0.653. The lowest BCUT2D eigenvalue weighted by molar-refractivity contribution is -0.605. The Morgan fingerprint density at radius 3 is 2.84 bits per heavy atom. The van der Waals surface area contributed by atoms with E-state index in [1.807, 2.05) is 12.1 Å². The zero-order valence-electron chi connectivity index (χ0n) is 14.1. The molecule has 0 aliphatic carbocycles. The molecule has 2 aromatic heterocycles. The number of nitrogens with one attached hydrogen (secondary N) is 1. The number of hydrogen-bond acceptors (Lipinski definition) is 5. The summed E-state index contributed by atoms with van der Waals surface area (Å²) in [6, 6.07) is 3.63. The number of aromatic nitrogens is 3. The van der Waals surface area contributed by atoms with Crippen molar-refractivity contribution in [2.24, 2.45) is 4.99 Å². The Morgan fingerprint density at radius 2 is 2.08 bits per heavy atom. The zero-order valence-corrected chi connectivity index (χ0v) is 14.1. The van der Waals surface area contributed by atoms with Crippen molar-refractivity contribution in [3.05, 3.63) is 62.7 Å². The summed E-state index contributed by atoms with van der Waals surface area (Å²) in [6.45, 7) is 2.97. The normalized spacial score (nSPS) is 17.8. The Hall–Kier alpha value is -2.54. The minimum absolute atomic E-state index is 0.0524. The van der Waals surface area contributed by atoms with Gasteiger partial charge in [-0.15, -0.1) is 0 Å². The number of pyridine rings is 1. The zero-order chi connectivity index (χ0) is 17.2. The molecule has 4 rings (SSSR count). The molecule has 0 bridgehead atoms. The predicted octanol–water partition coefficient (Wildman–Crippen LogP) is 0.935. The summed E-state index contributed by atoms with van der Waals surface area (Å²) in [6.07, 6.45) is 6.86. The van der Waals surface area contributed by atoms with Gasteiger partial charge in [-0.2, -0.15) is 4.73 Å². The van der Waals surface area contributed by atoms with Crippen molar-refractivity contribution in [2.75, 3.05) is 13.1 Å². The van der Waals surface area contributed by atoms with Crippen LogP contribution in [0.15, 0.2) is 34.3 Å². The fourth-order valence-electron chi connectivity index (χ4n) is 3.45. The summed E-state index contributed by atoms with van der Waals surface area (Å²) >= 11 is 0. The predicted molar refractivity (Wildman–Crippen MR) is 93.3 cm³/mol. The van der Waals surface area contributed by atoms with Gasteiger partial charge in [0.05, 0.1) is 17.0 Å². The quantitative estimate of drug-likeness (QED) is 0.666. The van der Waals surface area contributed by atoms with Gasteiger partial charge in [-0.1, -0.05) is 0 Å². The number of fused-ring (bicyclic) bond motifs is 1. The number of aromatic amines is 1. The second-order valence-electron chi connectivity index (χ2n) is 6.65. The summed E-state index contributed by atoms with van der Waals surface area (Å²) in [5.41, 5.74) is 3.59. The molecule has 2 aliphatic rings. The van der Waals surface area contributed by atoms with Crippen LogP contribution in [0.5, 0.6) is 0 Å². The first kappa shape index (κ1) is 16.0. The molecule has 2 aromatic rings. The van der Waals surface area contributed by atoms with Crippen LogP contribution in [0, 0.1) is 5.21 Å². The Morgan fingerprint density at radius 1 is 1.24 bits per heavy atom. The third-order valence-electron chi connectivity index (χ3n) is 4.82. The Bertz CT molecular complexity index is 857. The molecule has 0 unspecified atom stereocenters. The molecule has 0 saturated carbocycles. The maximum Gasteiger partial charge on any atom is 0.255 e. The first-order chi connectivity index (χ1) is 12.2. The summed E-state index contributed by atoms with van der Waals surface area (Å²) < 4.78 is 0.777. The van der Waals surface area contributed by atoms with Crippen molar-refractivity contribution in [3.8, 4) is 0 Å². The van der Waals surface area contributed by atoms with Crippen LogP contribution < -0.4 is 10.3 Å². The van der Waals surface area contributed by atoms with E-state index in [2.05, 4.69) is 14.9 Å². The van der Waals surface area contributed by atoms with Crippen LogP contribution in [0.4, 0.5) is 0 Å². The van der Waals surface area contributed by atoms with Crippen LogP contribution in [0.3, 0.4) is 0 Å². The van der Waals surface area contributed by atoms with Gasteiger partial charge in [-0.3, -0.25) is 14.7 Å². The summed E-state index contributed by atoms with van der Waals surface area (Å²) in [7, 11) is 0. The molecule has 25 heavy (non-hydrogen) atoms. The van der Waals surface area contributed by atoms with E-state index < -0.39 is 0 Å². The molecule has 1 N–H and O–H groups in total. The molecule has 0 radical (unpaired) electrons. The number of hydrogen-bond donors (Lipinski definition) is 1. The van der Waals surface area contributed by atoms with Crippen LogP contribution >= 0.6 is 0 Å². The third kappa shape index (κ3) is 3.46. The number of rotatable bonds is 3. The van der Waals surface area contributed by atoms with Gasteiger partial charge in [0.25, 0.3) is 5.56 Å². The first-order valence-electron chi connectivity index (χ1n) is 8.75. The highest BCUT2D eigenvalue weighted by Crippen LogP contribution is 2.17. The molecular formula is C18H21N5O2. The molecule has 4 heterocycles. The van der Waals surface area contributed by atoms with E-state index in [1.165, 1.54) is 12.4 Å². The van der Waals surface area contributed by atoms with Crippen LogP contribution in [0.25, 0.3) is 0 Å². The van der Waals surface area contributed by atoms with E-state index in [-0.39, 0.29) is 5.56 Å². The van der Waals surface area contributed by atoms with Gasteiger partial charge < -0.3 is 10.2 Å². The molecule has 7 heteroatoms. The minimum atomic E-state index is -0.0524. The van der Waals surface area contributed by atoms with E-state index in [0.29, 0.717) is 18.9 Å². The van der Waals surface area contributed by atoms with Gasteiger partial charge in [-0.25, -0.2) is 4.98 Å². The minimum Gasteiger partial charge on any atom is -0.619 e. The fraction of sp³-hybridized carbons (Fsp3) is 0.444. The Balaban J connectivity index is 1.54. The maximum absolute atomic E-state index is 12.5. The number of H-pyrrole nitrogens is 1. The highest BCUT2D eigenvalue weighted by Gasteiger charge is 2.22. The van der Waals surface area contributed by atoms with E-state index in [9.17, 15) is 10.0 Å². The van der Waals surface area contributed by atoms with E-state index in [4.69, 9.17) is 4.98 Å². The Labute approximate surface area is 145 Å². The van der Waals surface area contributed by atoms with Gasteiger partial charge in [0.1, 0.15) is 0 Å². The fourth-order valence-corrected chi connectivity index (χ4v) is 3.45. The molecule has 0 aromatic carbocycles. The maximum atomic E-state index is 12.5. The SMILES string of the molecule is O=c1[nH]c(C2=NCCCC2)nc2c1CN(Cc1cc[n+]([O-])cc1)CC2. The first-order valence-corrected chi connectivity index (χ1v) is 8.75. The molecule has 130 valence electrons. The van der Waals surface area contributed by atoms with Gasteiger partial charge in [0, 0.05) is 44.7 Å². The van der Waals surface area contributed by atoms with E-state index in [0.717, 1.165) is 66.0 Å². The average Bonchev–Trinajstić information content (AvgIpc) is 2.65. The van der Waals surface area contributed by atoms with Crippen molar-refractivity contribution in [3.63, 3.8) is 0 Å². The van der Waals surface area contributed by atoms with Crippen LogP contribution in [0.1, 0.15) is 41.9 Å². The topological polar surface area (TPSA) is 88.3 Å². The molecule has 0 saturated heterocycles. The molecule has 7 nitrogen and oxygen atoms in total. The number of nitrogens with zero attached hydrogens (tertiary/aromatic N) is 4. The second kappa shape index (κ2) is 6.76. The van der Waals surface area contributed by atoms with Crippen molar-refractivity contribution in [1.29, 1.82) is 0 Å². The highest BCUT2D eigenvalue weighted by molar-refractivity contribution is 5.97. The van der Waals surface area contributed by atoms with Crippen LogP contribution in [0.2, 0.25) is 0 Å². The van der Waals surface area contributed by atoms with E-state index >= 15 is 0 Å². The molecule has 0 amide bonds. The number of aliphatic imine (C=N–C) groups is 1. The monoisotopic (exact) mass is 339 g/mol. The van der Waals surface area contributed by atoms with Gasteiger partial charge >= 0.3 is 0 Å². The summed E-state index contributed by atoms with van der Waals surface area (Å²) in [4.78, 5) is 26.9. The molecular weight excluding hydrogens is 318 g/mol. The highest BCUT2D eigenvalue weighted by atomic mass is 16.5. The lowest BCUT2D eigenvalue weighted by atomic mass is 10.0. The lowest BCUT2D eigenvalue weighted by Crippen LogP contribution is -2.36. The molecule has 0 fully saturated rings. The van der Waals surface area contributed by atoms with Crippen LogP contribution in [-0.2, 0) is 19.5 Å². The smallest absolute Gasteiger partial charge is 0.255 e. The van der Waals surface area contributed by atoms with Gasteiger partial charge in [0.15, 0.2) is 18.2 Å². The van der Waals surface area contributed by atoms with E-state index in [1.54, 1.807) is 0 Å².